The van der Waals surface area contributed by atoms with E-state index in [9.17, 15) is 24.0 Å². The lowest BCUT2D eigenvalue weighted by Crippen LogP contribution is -2.64. The molecule has 3 rings (SSSR count). The van der Waals surface area contributed by atoms with Crippen molar-refractivity contribution in [2.75, 3.05) is 32.7 Å². The number of nitrogens with zero attached hydrogens (tertiary/aromatic N) is 1. The van der Waals surface area contributed by atoms with Crippen LogP contribution < -0.4 is 10.5 Å². The number of carbonyl (C=O) groups is 5. The van der Waals surface area contributed by atoms with Gasteiger partial charge >= 0.3 is 30.0 Å². The Morgan fingerprint density at radius 2 is 1.49 bits per heavy atom. The van der Waals surface area contributed by atoms with Gasteiger partial charge in [0.2, 0.25) is 12.4 Å². The number of nitrogens with two attached hydrogens (primary N) is 1. The molecule has 15 heteroatoms. The van der Waals surface area contributed by atoms with Gasteiger partial charge in [0.1, 0.15) is 19.1 Å². The number of amides is 1. The summed E-state index contributed by atoms with van der Waals surface area (Å²) in [6, 6.07) is 14.3. The van der Waals surface area contributed by atoms with Crippen LogP contribution in [0.4, 0.5) is 10.5 Å². The number of methoxy groups -OCH3 is 1. The molecular weight excluding hydrogens is 620 g/mol. The lowest BCUT2D eigenvalue weighted by Gasteiger charge is -2.43. The van der Waals surface area contributed by atoms with Crippen molar-refractivity contribution in [3.63, 3.8) is 0 Å². The third-order valence-electron chi connectivity index (χ3n) is 6.78. The van der Waals surface area contributed by atoms with Gasteiger partial charge in [-0.25, -0.2) is 9.59 Å². The molecule has 256 valence electrons. The summed E-state index contributed by atoms with van der Waals surface area (Å²) < 4.78 is 43.5. The molecule has 0 saturated carbocycles. The molecular formula is C32H40N2O13. The largest absolute Gasteiger partial charge is 0.467 e. The Morgan fingerprint density at radius 3 is 2.09 bits per heavy atom. The Hall–Kier alpha value is -4.89. The van der Waals surface area contributed by atoms with Crippen LogP contribution in [0.25, 0.3) is 0 Å². The first-order valence-corrected chi connectivity index (χ1v) is 14.8. The highest BCUT2D eigenvalue weighted by atomic mass is 16.7. The number of carbonyl (C=O) groups excluding carboxylic acids is 5. The van der Waals surface area contributed by atoms with Crippen LogP contribution in [0, 0.1) is 0 Å². The van der Waals surface area contributed by atoms with Crippen LogP contribution in [-0.2, 0) is 65.4 Å². The number of hydrogen-bond donors (Lipinski definition) is 1. The third-order valence-corrected chi connectivity index (χ3v) is 6.78. The first-order valence-electron chi connectivity index (χ1n) is 14.8. The van der Waals surface area contributed by atoms with Gasteiger partial charge in [0.05, 0.1) is 19.4 Å². The van der Waals surface area contributed by atoms with Gasteiger partial charge in [0.25, 0.3) is 0 Å². The Balaban J connectivity index is 1.70. The van der Waals surface area contributed by atoms with Crippen molar-refractivity contribution in [3.05, 3.63) is 59.7 Å². The summed E-state index contributed by atoms with van der Waals surface area (Å²) in [4.78, 5) is 62.6. The summed E-state index contributed by atoms with van der Waals surface area (Å²) in [6.07, 6.45) is -7.66. The van der Waals surface area contributed by atoms with E-state index < -0.39 is 60.7 Å². The van der Waals surface area contributed by atoms with E-state index in [0.29, 0.717) is 25.1 Å². The van der Waals surface area contributed by atoms with E-state index in [2.05, 4.69) is 0 Å². The van der Waals surface area contributed by atoms with Crippen LogP contribution in [-0.4, -0.2) is 92.6 Å². The second kappa shape index (κ2) is 17.7. The first kappa shape index (κ1) is 36.6. The number of anilines is 1. The molecule has 2 aromatic carbocycles. The monoisotopic (exact) mass is 660 g/mol. The fourth-order valence-corrected chi connectivity index (χ4v) is 4.61. The van der Waals surface area contributed by atoms with Gasteiger partial charge in [0, 0.05) is 27.3 Å². The van der Waals surface area contributed by atoms with Gasteiger partial charge < -0.3 is 43.6 Å². The molecule has 1 saturated heterocycles. The van der Waals surface area contributed by atoms with Crippen LogP contribution in [0.15, 0.2) is 48.5 Å². The number of ether oxygens (including phenoxy) is 8. The minimum atomic E-state index is -1.63. The SMILES string of the molecule is CCN(COCCc1ccccc1)C(=O)OCc1ccc(O[C@H]2OC(C(=O)OC)C(OC(C)=O)[C@H](OC(C)=O)C2OC(C)=O)c(N)c1. The highest BCUT2D eigenvalue weighted by Crippen LogP contribution is 2.33. The maximum absolute atomic E-state index is 12.7. The molecule has 1 fully saturated rings. The molecule has 0 spiro atoms. The standard InChI is InChI=1S/C32H40N2O13/c1-6-34(18-41-15-14-22-10-8-7-9-11-22)32(39)42-17-23-12-13-25(24(33)16-23)46-31-29(45-21(4)37)27(44-20(3)36)26(43-19(2)35)28(47-31)30(38)40-5/h7-13,16,26-29,31H,6,14-15,17-18,33H2,1-5H3/t26?,27-,28?,29?,31-/m0/s1. The zero-order valence-electron chi connectivity index (χ0n) is 26.9. The minimum Gasteiger partial charge on any atom is -0.467 e. The molecule has 0 aliphatic carbocycles. The van der Waals surface area contributed by atoms with Crippen LogP contribution in [0.2, 0.25) is 0 Å². The number of esters is 4. The summed E-state index contributed by atoms with van der Waals surface area (Å²) in [7, 11) is 1.08. The Morgan fingerprint density at radius 1 is 0.851 bits per heavy atom. The Bertz CT molecular complexity index is 1390. The van der Waals surface area contributed by atoms with Crippen LogP contribution in [0.3, 0.4) is 0 Å². The molecule has 3 unspecified atom stereocenters. The van der Waals surface area contributed by atoms with Crippen molar-refractivity contribution in [2.24, 2.45) is 0 Å². The average molecular weight is 661 g/mol. The third kappa shape index (κ3) is 10.9. The second-order valence-electron chi connectivity index (χ2n) is 10.3. The van der Waals surface area contributed by atoms with Crippen molar-refractivity contribution < 1.29 is 61.9 Å². The lowest BCUT2D eigenvalue weighted by molar-refractivity contribution is -0.282. The fraction of sp³-hybridized carbons (Fsp3) is 0.469. The zero-order valence-corrected chi connectivity index (χ0v) is 26.9. The maximum Gasteiger partial charge on any atom is 0.411 e. The minimum absolute atomic E-state index is 0.0281. The first-order chi connectivity index (χ1) is 22.4. The molecule has 47 heavy (non-hydrogen) atoms. The van der Waals surface area contributed by atoms with E-state index in [4.69, 9.17) is 43.6 Å². The number of hydrogen-bond acceptors (Lipinski definition) is 14. The van der Waals surface area contributed by atoms with Gasteiger partial charge in [-0.05, 0) is 36.6 Å². The quantitative estimate of drug-likeness (QED) is 0.102. The predicted octanol–water partition coefficient (Wildman–Crippen LogP) is 2.52. The summed E-state index contributed by atoms with van der Waals surface area (Å²) in [5, 5.41) is 0. The smallest absolute Gasteiger partial charge is 0.411 e. The molecule has 0 aromatic heterocycles. The van der Waals surface area contributed by atoms with E-state index >= 15 is 0 Å². The van der Waals surface area contributed by atoms with E-state index in [1.165, 1.54) is 17.0 Å². The number of nitrogen functional groups attached to an aromatic ring is 1. The van der Waals surface area contributed by atoms with Crippen LogP contribution >= 0.6 is 0 Å². The highest BCUT2D eigenvalue weighted by molar-refractivity contribution is 5.77. The fourth-order valence-electron chi connectivity index (χ4n) is 4.61. The molecule has 0 bridgehead atoms. The molecule has 5 atom stereocenters. The van der Waals surface area contributed by atoms with E-state index in [-0.39, 0.29) is 24.8 Å². The summed E-state index contributed by atoms with van der Waals surface area (Å²) in [5.41, 5.74) is 7.94. The summed E-state index contributed by atoms with van der Waals surface area (Å²) in [5.74, 6) is -3.41. The van der Waals surface area contributed by atoms with Gasteiger partial charge in [-0.3, -0.25) is 19.3 Å². The van der Waals surface area contributed by atoms with Crippen molar-refractivity contribution in [2.45, 2.75) is 71.4 Å². The molecule has 1 aliphatic rings. The summed E-state index contributed by atoms with van der Waals surface area (Å²) in [6.45, 7) is 5.78. The zero-order chi connectivity index (χ0) is 34.5. The molecule has 2 aromatic rings. The predicted molar refractivity (Wildman–Crippen MR) is 162 cm³/mol. The molecule has 15 nitrogen and oxygen atoms in total. The molecule has 1 heterocycles. The normalized spacial score (nSPS) is 20.3. The highest BCUT2D eigenvalue weighted by Gasteiger charge is 2.56. The van der Waals surface area contributed by atoms with Crippen molar-refractivity contribution in [1.82, 2.24) is 4.90 Å². The van der Waals surface area contributed by atoms with Crippen LogP contribution in [0.5, 0.6) is 5.75 Å². The van der Waals surface area contributed by atoms with Crippen LogP contribution in [0.1, 0.15) is 38.8 Å². The molecule has 1 aliphatic heterocycles. The van der Waals surface area contributed by atoms with Gasteiger partial charge in [-0.2, -0.15) is 0 Å². The van der Waals surface area contributed by atoms with Crippen molar-refractivity contribution >= 4 is 35.7 Å². The summed E-state index contributed by atoms with van der Waals surface area (Å²) >= 11 is 0. The van der Waals surface area contributed by atoms with Crippen molar-refractivity contribution in [3.8, 4) is 5.75 Å². The average Bonchev–Trinajstić information content (AvgIpc) is 3.03. The Labute approximate surface area is 272 Å². The van der Waals surface area contributed by atoms with Gasteiger partial charge in [-0.15, -0.1) is 0 Å². The van der Waals surface area contributed by atoms with E-state index in [1.807, 2.05) is 30.3 Å². The Kier molecular flexibility index (Phi) is 13.8. The number of rotatable bonds is 14. The van der Waals surface area contributed by atoms with E-state index in [1.54, 1.807) is 13.0 Å². The van der Waals surface area contributed by atoms with E-state index in [0.717, 1.165) is 33.4 Å². The number of benzene rings is 2. The lowest BCUT2D eigenvalue weighted by atomic mass is 9.97. The second-order valence-corrected chi connectivity index (χ2v) is 10.3. The molecule has 0 radical (unpaired) electrons. The molecule has 1 amide bonds. The van der Waals surface area contributed by atoms with Gasteiger partial charge in [0.15, 0.2) is 18.3 Å². The topological polar surface area (TPSA) is 188 Å². The molecule has 2 N–H and O–H groups in total. The van der Waals surface area contributed by atoms with Crippen molar-refractivity contribution in [1.29, 1.82) is 0 Å². The maximum atomic E-state index is 12.7. The van der Waals surface area contributed by atoms with Gasteiger partial charge in [-0.1, -0.05) is 36.4 Å².